The van der Waals surface area contributed by atoms with Gasteiger partial charge in [-0.25, -0.2) is 0 Å². The molecule has 0 aliphatic rings. The highest BCUT2D eigenvalue weighted by Crippen LogP contribution is 2.32. The van der Waals surface area contributed by atoms with Crippen molar-refractivity contribution in [1.29, 1.82) is 0 Å². The molecular weight excluding hydrogens is 328 g/mol. The van der Waals surface area contributed by atoms with Crippen molar-refractivity contribution >= 4 is 11.9 Å². The van der Waals surface area contributed by atoms with Crippen molar-refractivity contribution in [2.75, 3.05) is 20.3 Å². The number of aromatic nitrogens is 3. The second-order valence-electron chi connectivity index (χ2n) is 5.01. The minimum atomic E-state index is -0.684. The molecule has 0 saturated heterocycles. The summed E-state index contributed by atoms with van der Waals surface area (Å²) in [7, 11) is 1.52. The summed E-state index contributed by atoms with van der Waals surface area (Å²) < 4.78 is 15.8. The number of ether oxygens (including phenoxy) is 3. The highest BCUT2D eigenvalue weighted by Gasteiger charge is 2.17. The lowest BCUT2D eigenvalue weighted by Crippen LogP contribution is -2.12. The van der Waals surface area contributed by atoms with E-state index in [-0.39, 0.29) is 18.1 Å². The number of H-pyrrole nitrogens is 1. The molecule has 9 nitrogen and oxygen atoms in total. The number of nitrogens with one attached hydrogen (secondary N) is 1. The standard InChI is InChI=1S/C16H20N4O5/c1-3-24-13(21)5-4-8-25-12-9-10(6-7-11(12)23-2)14-15(16(17)22)19-20-18-14/h6-7,9H,3-5,8H2,1-2H3,(H2,17,22)(H,18,19,20). The minimum absolute atomic E-state index is 0.0402. The van der Waals surface area contributed by atoms with Crippen LogP contribution >= 0.6 is 0 Å². The van der Waals surface area contributed by atoms with Gasteiger partial charge in [0.2, 0.25) is 0 Å². The van der Waals surface area contributed by atoms with Gasteiger partial charge in [-0.2, -0.15) is 15.4 Å². The van der Waals surface area contributed by atoms with Crippen LogP contribution in [0.2, 0.25) is 0 Å². The van der Waals surface area contributed by atoms with Crippen LogP contribution in [0.25, 0.3) is 11.3 Å². The molecule has 0 radical (unpaired) electrons. The van der Waals surface area contributed by atoms with Crippen molar-refractivity contribution in [3.05, 3.63) is 23.9 Å². The van der Waals surface area contributed by atoms with Crippen LogP contribution in [0.5, 0.6) is 11.5 Å². The number of hydrogen-bond donors (Lipinski definition) is 2. The quantitative estimate of drug-likeness (QED) is 0.516. The zero-order valence-electron chi connectivity index (χ0n) is 14.1. The maximum atomic E-state index is 11.4. The summed E-state index contributed by atoms with van der Waals surface area (Å²) in [5, 5.41) is 10.1. The molecule has 1 aromatic heterocycles. The molecule has 0 fully saturated rings. The van der Waals surface area contributed by atoms with Crippen LogP contribution in [0.15, 0.2) is 18.2 Å². The van der Waals surface area contributed by atoms with Gasteiger partial charge in [0.15, 0.2) is 17.2 Å². The molecule has 9 heteroatoms. The van der Waals surface area contributed by atoms with E-state index in [1.165, 1.54) is 7.11 Å². The van der Waals surface area contributed by atoms with E-state index in [4.69, 9.17) is 19.9 Å². The van der Waals surface area contributed by atoms with Crippen molar-refractivity contribution in [3.63, 3.8) is 0 Å². The number of carbonyl (C=O) groups excluding carboxylic acids is 2. The predicted octanol–water partition coefficient (Wildman–Crippen LogP) is 1.30. The molecule has 2 aromatic rings. The fourth-order valence-electron chi connectivity index (χ4n) is 2.17. The molecule has 0 saturated carbocycles. The Bertz CT molecular complexity index is 744. The molecular formula is C16H20N4O5. The topological polar surface area (TPSA) is 129 Å². The van der Waals surface area contributed by atoms with Crippen LogP contribution in [0.3, 0.4) is 0 Å². The monoisotopic (exact) mass is 348 g/mol. The Hall–Kier alpha value is -3.10. The largest absolute Gasteiger partial charge is 0.493 e. The normalized spacial score (nSPS) is 10.3. The van der Waals surface area contributed by atoms with Gasteiger partial charge in [0.1, 0.15) is 5.69 Å². The third kappa shape index (κ3) is 4.69. The van der Waals surface area contributed by atoms with E-state index < -0.39 is 5.91 Å². The zero-order valence-corrected chi connectivity index (χ0v) is 14.1. The lowest BCUT2D eigenvalue weighted by Gasteiger charge is -2.12. The first-order valence-corrected chi connectivity index (χ1v) is 7.74. The third-order valence-corrected chi connectivity index (χ3v) is 3.31. The number of rotatable bonds is 9. The Kier molecular flexibility index (Phi) is 6.33. The van der Waals surface area contributed by atoms with E-state index in [1.54, 1.807) is 25.1 Å². The Morgan fingerprint density at radius 1 is 1.24 bits per heavy atom. The summed E-state index contributed by atoms with van der Waals surface area (Å²) in [6, 6.07) is 5.08. The summed E-state index contributed by atoms with van der Waals surface area (Å²) in [5.41, 5.74) is 6.25. The van der Waals surface area contributed by atoms with Gasteiger partial charge in [0.05, 0.1) is 20.3 Å². The zero-order chi connectivity index (χ0) is 18.2. The van der Waals surface area contributed by atoms with Gasteiger partial charge in [0.25, 0.3) is 5.91 Å². The molecule has 0 atom stereocenters. The van der Waals surface area contributed by atoms with Gasteiger partial charge in [-0.3, -0.25) is 9.59 Å². The molecule has 0 aliphatic carbocycles. The average Bonchev–Trinajstić information content (AvgIpc) is 3.09. The van der Waals surface area contributed by atoms with Crippen LogP contribution in [-0.2, 0) is 9.53 Å². The number of nitrogens with zero attached hydrogens (tertiary/aromatic N) is 2. The predicted molar refractivity (Wildman–Crippen MR) is 88.3 cm³/mol. The first-order chi connectivity index (χ1) is 12.1. The first-order valence-electron chi connectivity index (χ1n) is 7.74. The number of nitrogens with two attached hydrogens (primary N) is 1. The van der Waals surface area contributed by atoms with Crippen LogP contribution < -0.4 is 15.2 Å². The summed E-state index contributed by atoms with van der Waals surface area (Å²) in [6.45, 7) is 2.42. The number of benzene rings is 1. The molecule has 0 unspecified atom stereocenters. The molecule has 1 amide bonds. The number of methoxy groups -OCH3 is 1. The molecule has 1 heterocycles. The molecule has 1 aromatic carbocycles. The van der Waals surface area contributed by atoms with Crippen molar-refractivity contribution in [3.8, 4) is 22.8 Å². The fraction of sp³-hybridized carbons (Fsp3) is 0.375. The van der Waals surface area contributed by atoms with Crippen LogP contribution in [0.1, 0.15) is 30.3 Å². The Balaban J connectivity index is 2.10. The third-order valence-electron chi connectivity index (χ3n) is 3.31. The van der Waals surface area contributed by atoms with Gasteiger partial charge in [-0.1, -0.05) is 0 Å². The number of esters is 1. The van der Waals surface area contributed by atoms with Crippen LogP contribution in [0, 0.1) is 0 Å². The number of carbonyl (C=O) groups is 2. The van der Waals surface area contributed by atoms with Gasteiger partial charge in [0, 0.05) is 12.0 Å². The van der Waals surface area contributed by atoms with E-state index in [0.29, 0.717) is 42.4 Å². The van der Waals surface area contributed by atoms with E-state index in [0.717, 1.165) is 0 Å². The smallest absolute Gasteiger partial charge is 0.305 e. The molecule has 0 aliphatic heterocycles. The van der Waals surface area contributed by atoms with Gasteiger partial charge >= 0.3 is 5.97 Å². The molecule has 2 rings (SSSR count). The number of amides is 1. The van der Waals surface area contributed by atoms with Crippen LogP contribution in [0.4, 0.5) is 0 Å². The highest BCUT2D eigenvalue weighted by molar-refractivity contribution is 5.96. The molecule has 3 N–H and O–H groups in total. The lowest BCUT2D eigenvalue weighted by molar-refractivity contribution is -0.143. The van der Waals surface area contributed by atoms with Crippen molar-refractivity contribution in [2.24, 2.45) is 5.73 Å². The summed E-state index contributed by atoms with van der Waals surface area (Å²) in [5.74, 6) is 0.0308. The number of aromatic amines is 1. The van der Waals surface area contributed by atoms with Crippen molar-refractivity contribution in [1.82, 2.24) is 15.4 Å². The van der Waals surface area contributed by atoms with Crippen molar-refractivity contribution in [2.45, 2.75) is 19.8 Å². The van der Waals surface area contributed by atoms with Gasteiger partial charge in [-0.05, 0) is 31.5 Å². The second-order valence-corrected chi connectivity index (χ2v) is 5.01. The van der Waals surface area contributed by atoms with Gasteiger partial charge in [-0.15, -0.1) is 0 Å². The van der Waals surface area contributed by atoms with E-state index in [2.05, 4.69) is 15.4 Å². The maximum absolute atomic E-state index is 11.4. The van der Waals surface area contributed by atoms with Crippen LogP contribution in [-0.4, -0.2) is 47.6 Å². The Labute approximate surface area is 144 Å². The van der Waals surface area contributed by atoms with E-state index in [9.17, 15) is 9.59 Å². The summed E-state index contributed by atoms with van der Waals surface area (Å²) >= 11 is 0. The summed E-state index contributed by atoms with van der Waals surface area (Å²) in [6.07, 6.45) is 0.771. The minimum Gasteiger partial charge on any atom is -0.493 e. The number of hydrogen-bond acceptors (Lipinski definition) is 7. The van der Waals surface area contributed by atoms with Gasteiger partial charge < -0.3 is 19.9 Å². The fourth-order valence-corrected chi connectivity index (χ4v) is 2.17. The number of primary amides is 1. The van der Waals surface area contributed by atoms with Crippen molar-refractivity contribution < 1.29 is 23.8 Å². The average molecular weight is 348 g/mol. The SMILES string of the molecule is CCOC(=O)CCCOc1cc(-c2n[nH]nc2C(N)=O)ccc1OC. The Morgan fingerprint density at radius 3 is 2.72 bits per heavy atom. The van der Waals surface area contributed by atoms with E-state index >= 15 is 0 Å². The second kappa shape index (κ2) is 8.67. The Morgan fingerprint density at radius 2 is 2.04 bits per heavy atom. The molecule has 0 spiro atoms. The summed E-state index contributed by atoms with van der Waals surface area (Å²) in [4.78, 5) is 22.7. The lowest BCUT2D eigenvalue weighted by atomic mass is 10.1. The first kappa shape index (κ1) is 18.2. The molecule has 0 bridgehead atoms. The maximum Gasteiger partial charge on any atom is 0.305 e. The van der Waals surface area contributed by atoms with E-state index in [1.807, 2.05) is 0 Å². The highest BCUT2D eigenvalue weighted by atomic mass is 16.5. The molecule has 25 heavy (non-hydrogen) atoms. The molecule has 134 valence electrons.